The zero-order valence-corrected chi connectivity index (χ0v) is 12.4. The molecule has 0 aliphatic carbocycles. The molecule has 0 aliphatic rings. The van der Waals surface area contributed by atoms with Crippen LogP contribution < -0.4 is 0 Å². The topological polar surface area (TPSA) is 0 Å². The molecule has 0 nitrogen and oxygen atoms in total. The minimum atomic E-state index is 0.566. The van der Waals surface area contributed by atoms with Gasteiger partial charge in [0.15, 0.2) is 0 Å². The van der Waals surface area contributed by atoms with Crippen molar-refractivity contribution in [2.24, 2.45) is 0 Å². The number of rotatable bonds is 5. The van der Waals surface area contributed by atoms with Crippen LogP contribution in [0, 0.1) is 0 Å². The normalized spacial score (nSPS) is 10.6. The predicted molar refractivity (Wildman–Crippen MR) is 89.7 cm³/mol. The largest absolute Gasteiger partial charge is 0.0949 e. The summed E-state index contributed by atoms with van der Waals surface area (Å²) >= 11 is 0. The summed E-state index contributed by atoms with van der Waals surface area (Å²) < 4.78 is 0. The second-order valence-electron chi connectivity index (χ2n) is 5.53. The van der Waals surface area contributed by atoms with Crippen LogP contribution in [0.1, 0.15) is 42.9 Å². The fourth-order valence-corrected chi connectivity index (χ4v) is 2.24. The minimum Gasteiger partial charge on any atom is -0.0949 e. The van der Waals surface area contributed by atoms with Gasteiger partial charge in [-0.05, 0) is 40.2 Å². The van der Waals surface area contributed by atoms with Crippen molar-refractivity contribution in [2.45, 2.75) is 26.2 Å². The zero-order chi connectivity index (χ0) is 14.5. The van der Waals surface area contributed by atoms with Gasteiger partial charge in [0.1, 0.15) is 0 Å². The second kappa shape index (κ2) is 6.38. The molecule has 2 aromatic carbocycles. The van der Waals surface area contributed by atoms with E-state index >= 15 is 0 Å². The highest BCUT2D eigenvalue weighted by Crippen LogP contribution is 2.26. The van der Waals surface area contributed by atoms with Crippen molar-refractivity contribution >= 4 is 11.1 Å². The lowest BCUT2D eigenvalue weighted by atomic mass is 9.94. The third-order valence-corrected chi connectivity index (χ3v) is 3.59. The molecule has 0 aromatic heterocycles. The molecule has 0 heterocycles. The molecule has 0 fully saturated rings. The van der Waals surface area contributed by atoms with Crippen LogP contribution in [-0.4, -0.2) is 0 Å². The number of hydrogen-bond donors (Lipinski definition) is 0. The van der Waals surface area contributed by atoms with Crippen molar-refractivity contribution in [3.05, 3.63) is 84.4 Å². The Morgan fingerprint density at radius 1 is 0.800 bits per heavy atom. The Balaban J connectivity index is 2.07. The Kier molecular flexibility index (Phi) is 4.57. The van der Waals surface area contributed by atoms with Crippen molar-refractivity contribution < 1.29 is 0 Å². The molecule has 2 aromatic rings. The molecule has 0 saturated heterocycles. The maximum Gasteiger partial charge on any atom is -0.00256 e. The van der Waals surface area contributed by atoms with E-state index in [1.165, 1.54) is 16.7 Å². The van der Waals surface area contributed by atoms with Crippen LogP contribution in [0.2, 0.25) is 0 Å². The summed E-state index contributed by atoms with van der Waals surface area (Å²) in [6.07, 6.45) is 0.811. The Morgan fingerprint density at radius 2 is 1.30 bits per heavy atom. The quantitative estimate of drug-likeness (QED) is 0.626. The van der Waals surface area contributed by atoms with Crippen LogP contribution >= 0.6 is 0 Å². The van der Waals surface area contributed by atoms with Crippen molar-refractivity contribution in [1.82, 2.24) is 0 Å². The van der Waals surface area contributed by atoms with Gasteiger partial charge in [0.25, 0.3) is 0 Å². The zero-order valence-electron chi connectivity index (χ0n) is 12.4. The molecule has 0 bridgehead atoms. The molecule has 0 saturated carbocycles. The molecule has 0 heteroatoms. The van der Waals surface area contributed by atoms with E-state index in [1.54, 1.807) is 0 Å². The van der Waals surface area contributed by atoms with Crippen LogP contribution in [0.3, 0.4) is 0 Å². The van der Waals surface area contributed by atoms with Gasteiger partial charge in [-0.15, -0.1) is 0 Å². The van der Waals surface area contributed by atoms with Crippen LogP contribution in [0.15, 0.2) is 67.8 Å². The van der Waals surface area contributed by atoms with Crippen molar-refractivity contribution in [2.75, 3.05) is 0 Å². The molecular formula is C20H22. The molecule has 20 heavy (non-hydrogen) atoms. The van der Waals surface area contributed by atoms with E-state index in [9.17, 15) is 0 Å². The van der Waals surface area contributed by atoms with E-state index in [4.69, 9.17) is 0 Å². The fraction of sp³-hybridized carbons (Fsp3) is 0.200. The molecule has 0 aliphatic heterocycles. The first-order valence-corrected chi connectivity index (χ1v) is 7.09. The van der Waals surface area contributed by atoms with Crippen LogP contribution in [0.5, 0.6) is 0 Å². The average Bonchev–Trinajstić information content (AvgIpc) is 2.48. The van der Waals surface area contributed by atoms with Gasteiger partial charge in [0.2, 0.25) is 0 Å². The SMILES string of the molecule is C=C(CC(=C)c1ccc(C(C)C)cc1)c1ccccc1. The predicted octanol–water partition coefficient (Wildman–Crippen LogP) is 5.93. The Bertz CT molecular complexity index is 586. The standard InChI is InChI=1S/C20H22/c1-15(2)18-10-12-20(13-11-18)17(4)14-16(3)19-8-6-5-7-9-19/h5-13,15H,3-4,14H2,1-2H3. The molecule has 0 amide bonds. The van der Waals surface area contributed by atoms with E-state index in [2.05, 4.69) is 63.4 Å². The van der Waals surface area contributed by atoms with Crippen molar-refractivity contribution in [1.29, 1.82) is 0 Å². The van der Waals surface area contributed by atoms with Crippen molar-refractivity contribution in [3.63, 3.8) is 0 Å². The molecule has 0 N–H and O–H groups in total. The number of allylic oxidation sites excluding steroid dienone is 2. The van der Waals surface area contributed by atoms with E-state index in [1.807, 2.05) is 18.2 Å². The first kappa shape index (κ1) is 14.3. The van der Waals surface area contributed by atoms with Gasteiger partial charge in [-0.1, -0.05) is 81.6 Å². The van der Waals surface area contributed by atoms with Crippen molar-refractivity contribution in [3.8, 4) is 0 Å². The summed E-state index contributed by atoms with van der Waals surface area (Å²) in [5.74, 6) is 0.566. The second-order valence-corrected chi connectivity index (χ2v) is 5.53. The fourth-order valence-electron chi connectivity index (χ4n) is 2.24. The van der Waals surface area contributed by atoms with Gasteiger partial charge in [-0.2, -0.15) is 0 Å². The van der Waals surface area contributed by atoms with E-state index in [-0.39, 0.29) is 0 Å². The molecule has 0 spiro atoms. The highest BCUT2D eigenvalue weighted by molar-refractivity contribution is 5.77. The molecule has 0 atom stereocenters. The maximum atomic E-state index is 4.20. The van der Waals surface area contributed by atoms with Gasteiger partial charge in [0.05, 0.1) is 0 Å². The Morgan fingerprint density at radius 3 is 1.80 bits per heavy atom. The summed E-state index contributed by atoms with van der Waals surface area (Å²) in [5, 5.41) is 0. The van der Waals surface area contributed by atoms with Gasteiger partial charge in [-0.25, -0.2) is 0 Å². The Hall–Kier alpha value is -2.08. The third-order valence-electron chi connectivity index (χ3n) is 3.59. The highest BCUT2D eigenvalue weighted by atomic mass is 14.1. The first-order valence-electron chi connectivity index (χ1n) is 7.09. The monoisotopic (exact) mass is 262 g/mol. The van der Waals surface area contributed by atoms with Gasteiger partial charge in [0, 0.05) is 0 Å². The molecule has 0 radical (unpaired) electrons. The molecule has 2 rings (SSSR count). The highest BCUT2D eigenvalue weighted by Gasteiger charge is 2.05. The lowest BCUT2D eigenvalue weighted by molar-refractivity contribution is 0.866. The first-order chi connectivity index (χ1) is 9.58. The molecular weight excluding hydrogens is 240 g/mol. The maximum absolute atomic E-state index is 4.20. The lowest BCUT2D eigenvalue weighted by Gasteiger charge is -2.11. The molecule has 0 unspecified atom stereocenters. The molecule has 102 valence electrons. The minimum absolute atomic E-state index is 0.566. The number of hydrogen-bond acceptors (Lipinski definition) is 0. The van der Waals surface area contributed by atoms with Gasteiger partial charge < -0.3 is 0 Å². The smallest absolute Gasteiger partial charge is 0.00256 e. The summed E-state index contributed by atoms with van der Waals surface area (Å²) in [7, 11) is 0. The third kappa shape index (κ3) is 3.48. The Labute approximate surface area is 122 Å². The summed E-state index contributed by atoms with van der Waals surface area (Å²) in [5.41, 5.74) is 5.99. The average molecular weight is 262 g/mol. The van der Waals surface area contributed by atoms with E-state index in [0.717, 1.165) is 17.6 Å². The summed E-state index contributed by atoms with van der Waals surface area (Å²) in [6.45, 7) is 12.8. The van der Waals surface area contributed by atoms with Gasteiger partial charge >= 0.3 is 0 Å². The van der Waals surface area contributed by atoms with Crippen LogP contribution in [-0.2, 0) is 0 Å². The van der Waals surface area contributed by atoms with Crippen LogP contribution in [0.4, 0.5) is 0 Å². The van der Waals surface area contributed by atoms with Gasteiger partial charge in [-0.3, -0.25) is 0 Å². The van der Waals surface area contributed by atoms with E-state index in [0.29, 0.717) is 5.92 Å². The van der Waals surface area contributed by atoms with Crippen LogP contribution in [0.25, 0.3) is 11.1 Å². The summed E-state index contributed by atoms with van der Waals surface area (Å²) in [6, 6.07) is 19.0. The number of benzene rings is 2. The lowest BCUT2D eigenvalue weighted by Crippen LogP contribution is -1.90. The summed E-state index contributed by atoms with van der Waals surface area (Å²) in [4.78, 5) is 0. The van der Waals surface area contributed by atoms with E-state index < -0.39 is 0 Å².